The van der Waals surface area contributed by atoms with Crippen LogP contribution in [-0.2, 0) is 14.8 Å². The second-order valence-corrected chi connectivity index (χ2v) is 10.3. The molecule has 0 unspecified atom stereocenters. The lowest BCUT2D eigenvalue weighted by atomic mass is 9.96. The molecule has 0 aromatic heterocycles. The number of non-ortho nitro benzene ring substituents is 1. The van der Waals surface area contributed by atoms with Crippen LogP contribution in [0.15, 0.2) is 29.2 Å². The molecule has 182 valence electrons. The van der Waals surface area contributed by atoms with Crippen molar-refractivity contribution in [3.63, 3.8) is 0 Å². The van der Waals surface area contributed by atoms with Gasteiger partial charge in [-0.05, 0) is 25.3 Å². The molecule has 1 aromatic carbocycles. The molecule has 1 heterocycles. The van der Waals surface area contributed by atoms with Gasteiger partial charge in [-0.15, -0.1) is 0 Å². The molecule has 1 aromatic rings. The zero-order valence-corrected chi connectivity index (χ0v) is 19.4. The Morgan fingerprint density at radius 2 is 1.79 bits per heavy atom. The molecule has 1 saturated heterocycles. The number of rotatable bonds is 8. The van der Waals surface area contributed by atoms with Crippen molar-refractivity contribution >= 4 is 27.6 Å². The van der Waals surface area contributed by atoms with E-state index in [2.05, 4.69) is 10.6 Å². The molecule has 1 aliphatic carbocycles. The van der Waals surface area contributed by atoms with Crippen LogP contribution < -0.4 is 10.6 Å². The Morgan fingerprint density at radius 3 is 2.45 bits per heavy atom. The zero-order chi connectivity index (χ0) is 23.8. The monoisotopic (exact) mass is 481 g/mol. The minimum Gasteiger partial charge on any atom is -0.340 e. The number of hydrogen-bond acceptors (Lipinski definition) is 6. The molecular formula is C21H31N5O6S. The first-order valence-electron chi connectivity index (χ1n) is 11.3. The maximum absolute atomic E-state index is 12.8. The third-order valence-corrected chi connectivity index (χ3v) is 7.95. The van der Waals surface area contributed by atoms with Crippen molar-refractivity contribution in [2.24, 2.45) is 0 Å². The van der Waals surface area contributed by atoms with Crippen molar-refractivity contribution in [3.05, 3.63) is 34.4 Å². The van der Waals surface area contributed by atoms with Crippen LogP contribution in [0.5, 0.6) is 0 Å². The van der Waals surface area contributed by atoms with E-state index in [0.29, 0.717) is 13.0 Å². The summed E-state index contributed by atoms with van der Waals surface area (Å²) in [5.74, 6) is -0.0862. The van der Waals surface area contributed by atoms with Gasteiger partial charge in [-0.1, -0.05) is 25.3 Å². The van der Waals surface area contributed by atoms with Gasteiger partial charge in [0, 0.05) is 57.3 Å². The number of carbonyl (C=O) groups excluding carboxylic acids is 2. The smallest absolute Gasteiger partial charge is 0.315 e. The number of hydrogen-bond donors (Lipinski definition) is 2. The first-order chi connectivity index (χ1) is 15.8. The van der Waals surface area contributed by atoms with Gasteiger partial charge in [0.2, 0.25) is 15.9 Å². The van der Waals surface area contributed by atoms with Crippen LogP contribution in [-0.4, -0.2) is 73.3 Å². The summed E-state index contributed by atoms with van der Waals surface area (Å²) >= 11 is 0. The summed E-state index contributed by atoms with van der Waals surface area (Å²) in [5, 5.41) is 16.7. The van der Waals surface area contributed by atoms with Gasteiger partial charge < -0.3 is 15.5 Å². The SMILES string of the molecule is O=C(NCCCC(=O)N1CCN(S(=O)(=O)c2cccc([N+](=O)[O-])c2)CC1)NC1CCCCC1. The fourth-order valence-electron chi connectivity index (χ4n) is 4.17. The summed E-state index contributed by atoms with van der Waals surface area (Å²) in [6.45, 7) is 1.15. The maximum atomic E-state index is 12.8. The molecule has 0 bridgehead atoms. The second kappa shape index (κ2) is 11.4. The summed E-state index contributed by atoms with van der Waals surface area (Å²) in [6.07, 6.45) is 6.28. The molecule has 33 heavy (non-hydrogen) atoms. The number of piperazine rings is 1. The highest BCUT2D eigenvalue weighted by molar-refractivity contribution is 7.89. The summed E-state index contributed by atoms with van der Waals surface area (Å²) in [7, 11) is -3.87. The average molecular weight is 482 g/mol. The van der Waals surface area contributed by atoms with E-state index in [1.54, 1.807) is 4.90 Å². The van der Waals surface area contributed by atoms with Gasteiger partial charge in [-0.25, -0.2) is 13.2 Å². The highest BCUT2D eigenvalue weighted by Gasteiger charge is 2.30. The normalized spacial score (nSPS) is 18.0. The fraction of sp³-hybridized carbons (Fsp3) is 0.619. The van der Waals surface area contributed by atoms with Crippen LogP contribution in [0.3, 0.4) is 0 Å². The summed E-state index contributed by atoms with van der Waals surface area (Å²) in [4.78, 5) is 36.2. The largest absolute Gasteiger partial charge is 0.340 e. The standard InChI is InChI=1S/C21H31N5O6S/c27-20(10-5-11-22-21(28)23-17-6-2-1-3-7-17)24-12-14-25(15-13-24)33(31,32)19-9-4-8-18(16-19)26(29)30/h4,8-9,16-17H,1-3,5-7,10-15H2,(H2,22,23,28). The number of benzene rings is 1. The van der Waals surface area contributed by atoms with Crippen molar-refractivity contribution in [2.45, 2.75) is 55.9 Å². The molecule has 1 aliphatic heterocycles. The van der Waals surface area contributed by atoms with Gasteiger partial charge in [0.1, 0.15) is 0 Å². The lowest BCUT2D eigenvalue weighted by Gasteiger charge is -2.34. The molecule has 3 amide bonds. The quantitative estimate of drug-likeness (QED) is 0.330. The molecule has 0 atom stereocenters. The van der Waals surface area contributed by atoms with Crippen molar-refractivity contribution in [2.75, 3.05) is 32.7 Å². The van der Waals surface area contributed by atoms with Gasteiger partial charge in [0.05, 0.1) is 9.82 Å². The van der Waals surface area contributed by atoms with Crippen molar-refractivity contribution in [3.8, 4) is 0 Å². The Balaban J connectivity index is 1.39. The van der Waals surface area contributed by atoms with Gasteiger partial charge in [0.25, 0.3) is 5.69 Å². The number of nitro benzene ring substituents is 1. The number of nitrogens with one attached hydrogen (secondary N) is 2. The van der Waals surface area contributed by atoms with Crippen LogP contribution in [0.25, 0.3) is 0 Å². The zero-order valence-electron chi connectivity index (χ0n) is 18.6. The summed E-state index contributed by atoms with van der Waals surface area (Å²) in [5.41, 5.74) is -0.286. The predicted molar refractivity (Wildman–Crippen MR) is 121 cm³/mol. The Morgan fingerprint density at radius 1 is 1.09 bits per heavy atom. The van der Waals surface area contributed by atoms with E-state index >= 15 is 0 Å². The predicted octanol–water partition coefficient (Wildman–Crippen LogP) is 1.84. The number of nitro groups is 1. The van der Waals surface area contributed by atoms with Gasteiger partial charge in [-0.3, -0.25) is 14.9 Å². The maximum Gasteiger partial charge on any atom is 0.315 e. The van der Waals surface area contributed by atoms with Crippen molar-refractivity contribution in [1.29, 1.82) is 0 Å². The van der Waals surface area contributed by atoms with E-state index in [1.165, 1.54) is 28.9 Å². The molecule has 3 rings (SSSR count). The minimum absolute atomic E-state index is 0.0862. The lowest BCUT2D eigenvalue weighted by molar-refractivity contribution is -0.385. The molecule has 1 saturated carbocycles. The molecule has 12 heteroatoms. The molecule has 0 spiro atoms. The van der Waals surface area contributed by atoms with E-state index in [0.717, 1.165) is 31.7 Å². The first kappa shape index (κ1) is 24.9. The van der Waals surface area contributed by atoms with Crippen LogP contribution in [0.1, 0.15) is 44.9 Å². The van der Waals surface area contributed by atoms with Gasteiger partial charge in [-0.2, -0.15) is 4.31 Å². The van der Waals surface area contributed by atoms with Gasteiger partial charge in [0.15, 0.2) is 0 Å². The van der Waals surface area contributed by atoms with Crippen molar-refractivity contribution < 1.29 is 22.9 Å². The van der Waals surface area contributed by atoms with Crippen LogP contribution in [0.4, 0.5) is 10.5 Å². The molecule has 0 radical (unpaired) electrons. The number of urea groups is 1. The molecule has 2 aliphatic rings. The summed E-state index contributed by atoms with van der Waals surface area (Å²) in [6, 6.07) is 4.99. The topological polar surface area (TPSA) is 142 Å². The van der Waals surface area contributed by atoms with E-state index in [-0.39, 0.29) is 61.2 Å². The number of sulfonamides is 1. The Labute approximate surface area is 193 Å². The minimum atomic E-state index is -3.87. The van der Waals surface area contributed by atoms with E-state index in [9.17, 15) is 28.1 Å². The third-order valence-electron chi connectivity index (χ3n) is 6.05. The van der Waals surface area contributed by atoms with Crippen molar-refractivity contribution in [1.82, 2.24) is 19.8 Å². The number of nitrogens with zero attached hydrogens (tertiary/aromatic N) is 3. The van der Waals surface area contributed by atoms with Crippen LogP contribution >= 0.6 is 0 Å². The summed E-state index contributed by atoms with van der Waals surface area (Å²) < 4.78 is 26.9. The van der Waals surface area contributed by atoms with E-state index in [1.807, 2.05) is 0 Å². The molecular weight excluding hydrogens is 450 g/mol. The Kier molecular flexibility index (Phi) is 8.61. The fourth-order valence-corrected chi connectivity index (χ4v) is 5.63. The van der Waals surface area contributed by atoms with Crippen LogP contribution in [0, 0.1) is 10.1 Å². The van der Waals surface area contributed by atoms with E-state index in [4.69, 9.17) is 0 Å². The van der Waals surface area contributed by atoms with Gasteiger partial charge >= 0.3 is 6.03 Å². The molecule has 2 N–H and O–H groups in total. The first-order valence-corrected chi connectivity index (χ1v) is 12.8. The molecule has 2 fully saturated rings. The average Bonchev–Trinajstić information content (AvgIpc) is 2.82. The van der Waals surface area contributed by atoms with Crippen LogP contribution in [0.2, 0.25) is 0 Å². The Hall–Kier alpha value is -2.73. The number of carbonyl (C=O) groups is 2. The molecule has 11 nitrogen and oxygen atoms in total. The lowest BCUT2D eigenvalue weighted by Crippen LogP contribution is -2.50. The Bertz CT molecular complexity index is 956. The van der Waals surface area contributed by atoms with E-state index < -0.39 is 14.9 Å². The number of amides is 3. The third kappa shape index (κ3) is 6.87. The second-order valence-electron chi connectivity index (χ2n) is 8.38. The highest BCUT2D eigenvalue weighted by atomic mass is 32.2. The highest BCUT2D eigenvalue weighted by Crippen LogP contribution is 2.22.